The van der Waals surface area contributed by atoms with Gasteiger partial charge in [-0.2, -0.15) is 0 Å². The molecule has 0 N–H and O–H groups in total. The quantitative estimate of drug-likeness (QED) is 0.192. The molecule has 0 spiro atoms. The lowest BCUT2D eigenvalue weighted by Crippen LogP contribution is -2.00. The molecule has 0 radical (unpaired) electrons. The minimum Gasteiger partial charge on any atom is -0.208 e. The van der Waals surface area contributed by atoms with Gasteiger partial charge in [0.25, 0.3) is 0 Å². The molecule has 0 amide bonds. The van der Waals surface area contributed by atoms with Crippen LogP contribution in [0.15, 0.2) is 164 Å². The summed E-state index contributed by atoms with van der Waals surface area (Å²) in [5.74, 6) is 1.98. The van der Waals surface area contributed by atoms with E-state index >= 15 is 0 Å². The molecule has 3 nitrogen and oxygen atoms in total. The zero-order valence-corrected chi connectivity index (χ0v) is 27.2. The second kappa shape index (κ2) is 11.2. The van der Waals surface area contributed by atoms with Crippen molar-refractivity contribution >= 4 is 63.8 Å². The molecule has 0 unspecified atom stereocenters. The summed E-state index contributed by atoms with van der Waals surface area (Å²) in [5.41, 5.74) is 5.33. The molecule has 0 bridgehead atoms. The maximum absolute atomic E-state index is 5.18. The van der Waals surface area contributed by atoms with Crippen LogP contribution in [0.25, 0.3) is 97.8 Å². The number of benzene rings is 8. The van der Waals surface area contributed by atoms with Crippen molar-refractivity contribution in [2.24, 2.45) is 0 Å². The van der Waals surface area contributed by atoms with Crippen LogP contribution in [0.3, 0.4) is 0 Å². The summed E-state index contributed by atoms with van der Waals surface area (Å²) in [7, 11) is 0. The number of hydrogen-bond donors (Lipinski definition) is 0. The lowest BCUT2D eigenvalue weighted by atomic mass is 9.95. The maximum atomic E-state index is 5.18. The first kappa shape index (κ1) is 27.8. The van der Waals surface area contributed by atoms with Crippen LogP contribution < -0.4 is 0 Å². The van der Waals surface area contributed by atoms with Crippen molar-refractivity contribution < 1.29 is 0 Å². The fraction of sp³-hybridized carbons (Fsp3) is 0. The molecule has 0 aliphatic heterocycles. The van der Waals surface area contributed by atoms with Crippen LogP contribution in [0.4, 0.5) is 0 Å². The van der Waals surface area contributed by atoms with Crippen molar-refractivity contribution in [2.45, 2.75) is 0 Å². The highest BCUT2D eigenvalue weighted by atomic mass is 32.1. The molecule has 10 rings (SSSR count). The molecule has 10 aromatic rings. The highest BCUT2D eigenvalue weighted by Crippen LogP contribution is 2.38. The minimum absolute atomic E-state index is 0.659. The number of thiophene rings is 1. The summed E-state index contributed by atoms with van der Waals surface area (Å²) in [6, 6.07) is 58.2. The fourth-order valence-electron chi connectivity index (χ4n) is 7.07. The Bertz CT molecular complexity index is 2900. The number of fused-ring (bicyclic) bond motifs is 6. The average molecular weight is 642 g/mol. The number of nitrogens with zero attached hydrogens (tertiary/aromatic N) is 3. The third-order valence-corrected chi connectivity index (χ3v) is 10.6. The van der Waals surface area contributed by atoms with Crippen LogP contribution in [0.2, 0.25) is 0 Å². The van der Waals surface area contributed by atoms with Crippen molar-refractivity contribution in [3.63, 3.8) is 0 Å². The number of aromatic nitrogens is 3. The summed E-state index contributed by atoms with van der Waals surface area (Å²) < 4.78 is 2.50. The first-order valence-electron chi connectivity index (χ1n) is 16.4. The van der Waals surface area contributed by atoms with E-state index in [9.17, 15) is 0 Å². The second-order valence-electron chi connectivity index (χ2n) is 12.4. The first-order chi connectivity index (χ1) is 24.2. The molecule has 0 saturated carbocycles. The predicted molar refractivity (Wildman–Crippen MR) is 207 cm³/mol. The van der Waals surface area contributed by atoms with E-state index in [-0.39, 0.29) is 0 Å². The first-order valence-corrected chi connectivity index (χ1v) is 17.3. The van der Waals surface area contributed by atoms with E-state index in [0.29, 0.717) is 17.5 Å². The van der Waals surface area contributed by atoms with E-state index in [4.69, 9.17) is 15.0 Å². The Morgan fingerprint density at radius 3 is 1.73 bits per heavy atom. The minimum atomic E-state index is 0.659. The fourth-order valence-corrected chi connectivity index (χ4v) is 8.22. The van der Waals surface area contributed by atoms with Crippen molar-refractivity contribution in [3.05, 3.63) is 164 Å². The molecule has 0 aliphatic rings. The third kappa shape index (κ3) is 4.76. The Hall–Kier alpha value is -6.23. The molecule has 2 heterocycles. The largest absolute Gasteiger partial charge is 0.208 e. The molecule has 228 valence electrons. The van der Waals surface area contributed by atoms with Gasteiger partial charge in [0, 0.05) is 36.9 Å². The van der Waals surface area contributed by atoms with Gasteiger partial charge in [0.05, 0.1) is 0 Å². The molecule has 0 fully saturated rings. The molecule has 2 aromatic heterocycles. The summed E-state index contributed by atoms with van der Waals surface area (Å²) in [4.78, 5) is 15.4. The van der Waals surface area contributed by atoms with Gasteiger partial charge in [-0.15, -0.1) is 11.3 Å². The number of rotatable bonds is 4. The van der Waals surface area contributed by atoms with E-state index < -0.39 is 0 Å². The molecule has 4 heteroatoms. The van der Waals surface area contributed by atoms with Crippen LogP contribution in [-0.4, -0.2) is 15.0 Å². The summed E-state index contributed by atoms with van der Waals surface area (Å²) in [5, 5.41) is 9.61. The molecular formula is C45H27N3S. The van der Waals surface area contributed by atoms with E-state index in [1.807, 2.05) is 0 Å². The lowest BCUT2D eigenvalue weighted by Gasteiger charge is -2.12. The number of hydrogen-bond acceptors (Lipinski definition) is 4. The lowest BCUT2D eigenvalue weighted by molar-refractivity contribution is 1.08. The van der Waals surface area contributed by atoms with Crippen molar-refractivity contribution in [3.8, 4) is 45.3 Å². The van der Waals surface area contributed by atoms with Crippen molar-refractivity contribution in [1.29, 1.82) is 0 Å². The van der Waals surface area contributed by atoms with Crippen LogP contribution in [-0.2, 0) is 0 Å². The standard InChI is InChI=1S/C45H27N3S/c1-2-11-30-25-33(20-19-28(30)9-1)43-46-44(34-22-24-39-38-15-5-6-18-41(38)49-42(39)27-34)48-45(47-43)40-17-8-13-31-26-32(21-23-37(31)40)36-16-7-12-29-10-3-4-14-35(29)36/h1-27H. The Morgan fingerprint density at radius 2 is 0.857 bits per heavy atom. The summed E-state index contributed by atoms with van der Waals surface area (Å²) in [6.07, 6.45) is 0. The summed E-state index contributed by atoms with van der Waals surface area (Å²) >= 11 is 1.80. The second-order valence-corrected chi connectivity index (χ2v) is 13.5. The third-order valence-electron chi connectivity index (χ3n) is 9.50. The highest BCUT2D eigenvalue weighted by Gasteiger charge is 2.16. The van der Waals surface area contributed by atoms with E-state index in [0.717, 1.165) is 32.8 Å². The maximum Gasteiger partial charge on any atom is 0.164 e. The predicted octanol–water partition coefficient (Wildman–Crippen LogP) is 12.4. The van der Waals surface area contributed by atoms with Gasteiger partial charge in [-0.1, -0.05) is 140 Å². The molecular weight excluding hydrogens is 615 g/mol. The van der Waals surface area contributed by atoms with Crippen LogP contribution in [0.1, 0.15) is 0 Å². The van der Waals surface area contributed by atoms with Crippen LogP contribution in [0, 0.1) is 0 Å². The van der Waals surface area contributed by atoms with Gasteiger partial charge < -0.3 is 0 Å². The monoisotopic (exact) mass is 641 g/mol. The molecule has 0 atom stereocenters. The van der Waals surface area contributed by atoms with Crippen molar-refractivity contribution in [2.75, 3.05) is 0 Å². The Morgan fingerprint density at radius 1 is 0.306 bits per heavy atom. The SMILES string of the molecule is c1ccc2cc(-c3nc(-c4ccc5c(c4)sc4ccccc45)nc(-c4cccc5cc(-c6cccc7ccccc67)ccc45)n3)ccc2c1. The van der Waals surface area contributed by atoms with Gasteiger partial charge >= 0.3 is 0 Å². The topological polar surface area (TPSA) is 38.7 Å². The molecule has 0 saturated heterocycles. The van der Waals surface area contributed by atoms with Gasteiger partial charge in [0.1, 0.15) is 0 Å². The zero-order valence-electron chi connectivity index (χ0n) is 26.3. The molecule has 0 aliphatic carbocycles. The molecule has 49 heavy (non-hydrogen) atoms. The van der Waals surface area contributed by atoms with E-state index in [1.54, 1.807) is 11.3 Å². The van der Waals surface area contributed by atoms with E-state index in [1.165, 1.54) is 47.5 Å². The van der Waals surface area contributed by atoms with Crippen molar-refractivity contribution in [1.82, 2.24) is 15.0 Å². The summed E-state index contributed by atoms with van der Waals surface area (Å²) in [6.45, 7) is 0. The van der Waals surface area contributed by atoms with Gasteiger partial charge in [0.15, 0.2) is 17.5 Å². The average Bonchev–Trinajstić information content (AvgIpc) is 3.55. The van der Waals surface area contributed by atoms with Crippen LogP contribution in [0.5, 0.6) is 0 Å². The normalized spacial score (nSPS) is 11.7. The van der Waals surface area contributed by atoms with E-state index in [2.05, 4.69) is 164 Å². The van der Waals surface area contributed by atoms with Gasteiger partial charge in [0.2, 0.25) is 0 Å². The molecule has 8 aromatic carbocycles. The Kier molecular flexibility index (Phi) is 6.36. The zero-order chi connectivity index (χ0) is 32.3. The smallest absolute Gasteiger partial charge is 0.164 e. The highest BCUT2D eigenvalue weighted by molar-refractivity contribution is 7.25. The van der Waals surface area contributed by atoms with Gasteiger partial charge in [-0.05, 0) is 67.7 Å². The Labute approximate surface area is 286 Å². The van der Waals surface area contributed by atoms with Gasteiger partial charge in [-0.25, -0.2) is 15.0 Å². The Balaban J connectivity index is 1.16. The van der Waals surface area contributed by atoms with Gasteiger partial charge in [-0.3, -0.25) is 0 Å². The van der Waals surface area contributed by atoms with Crippen LogP contribution >= 0.6 is 11.3 Å².